The molecule has 1 aliphatic heterocycles. The molecule has 1 saturated carbocycles. The maximum absolute atomic E-state index is 13.4. The number of nitrogens with zero attached hydrogens (tertiary/aromatic N) is 3. The summed E-state index contributed by atoms with van der Waals surface area (Å²) in [6.07, 6.45) is 9.56. The Morgan fingerprint density at radius 1 is 1.14 bits per heavy atom. The van der Waals surface area contributed by atoms with E-state index in [1.54, 1.807) is 0 Å². The SMILES string of the molecule is CCOc1ccc(-c2nn(-c3ccccc3)cc2/C=C2/SC(=S)N(C3CCCCC3)C2=O)cc1C. The van der Waals surface area contributed by atoms with Crippen molar-refractivity contribution in [3.63, 3.8) is 0 Å². The first-order valence-electron chi connectivity index (χ1n) is 12.2. The molecule has 5 nitrogen and oxygen atoms in total. The van der Waals surface area contributed by atoms with Crippen molar-refractivity contribution in [2.75, 3.05) is 6.61 Å². The number of carbonyl (C=O) groups excluding carboxylic acids is 1. The number of carbonyl (C=O) groups is 1. The highest BCUT2D eigenvalue weighted by molar-refractivity contribution is 8.26. The number of amides is 1. The van der Waals surface area contributed by atoms with Crippen LogP contribution in [0.5, 0.6) is 5.75 Å². The first-order valence-corrected chi connectivity index (χ1v) is 13.4. The Morgan fingerprint density at radius 2 is 1.91 bits per heavy atom. The third-order valence-corrected chi connectivity index (χ3v) is 7.89. The summed E-state index contributed by atoms with van der Waals surface area (Å²) in [6, 6.07) is 16.3. The van der Waals surface area contributed by atoms with E-state index < -0.39 is 0 Å². The fraction of sp³-hybridized carbons (Fsp3) is 0.321. The molecule has 35 heavy (non-hydrogen) atoms. The van der Waals surface area contributed by atoms with Gasteiger partial charge in [0.1, 0.15) is 15.8 Å². The van der Waals surface area contributed by atoms with Crippen LogP contribution in [0.15, 0.2) is 59.6 Å². The first kappa shape index (κ1) is 23.8. The second kappa shape index (κ2) is 10.4. The second-order valence-corrected chi connectivity index (χ2v) is 10.6. The van der Waals surface area contributed by atoms with Gasteiger partial charge in [0, 0.05) is 23.4 Å². The van der Waals surface area contributed by atoms with E-state index in [2.05, 4.69) is 6.07 Å². The Labute approximate surface area is 216 Å². The maximum atomic E-state index is 13.4. The van der Waals surface area contributed by atoms with Crippen molar-refractivity contribution in [3.8, 4) is 22.7 Å². The van der Waals surface area contributed by atoms with Gasteiger partial charge in [0.25, 0.3) is 5.91 Å². The molecule has 1 aliphatic carbocycles. The molecule has 1 saturated heterocycles. The number of aryl methyl sites for hydroxylation is 1. The number of benzene rings is 2. The molecule has 0 spiro atoms. The van der Waals surface area contributed by atoms with E-state index in [4.69, 9.17) is 22.1 Å². The fourth-order valence-corrected chi connectivity index (χ4v) is 6.21. The molecule has 2 aromatic carbocycles. The van der Waals surface area contributed by atoms with E-state index in [1.807, 2.05) is 78.2 Å². The van der Waals surface area contributed by atoms with Gasteiger partial charge < -0.3 is 4.74 Å². The van der Waals surface area contributed by atoms with Crippen LogP contribution in [0.4, 0.5) is 0 Å². The molecular formula is C28H29N3O2S2. The van der Waals surface area contributed by atoms with Gasteiger partial charge in [-0.3, -0.25) is 9.69 Å². The monoisotopic (exact) mass is 503 g/mol. The molecular weight excluding hydrogens is 474 g/mol. The molecule has 0 unspecified atom stereocenters. The minimum absolute atomic E-state index is 0.0215. The van der Waals surface area contributed by atoms with Gasteiger partial charge in [0.05, 0.1) is 17.2 Å². The van der Waals surface area contributed by atoms with Crippen molar-refractivity contribution < 1.29 is 9.53 Å². The predicted octanol–water partition coefficient (Wildman–Crippen LogP) is 6.78. The smallest absolute Gasteiger partial charge is 0.266 e. The highest BCUT2D eigenvalue weighted by Gasteiger charge is 2.37. The van der Waals surface area contributed by atoms with E-state index in [1.165, 1.54) is 18.2 Å². The van der Waals surface area contributed by atoms with E-state index in [0.29, 0.717) is 15.8 Å². The number of rotatable bonds is 6. The summed E-state index contributed by atoms with van der Waals surface area (Å²) in [5.74, 6) is 0.891. The highest BCUT2D eigenvalue weighted by Crippen LogP contribution is 2.39. The molecule has 1 amide bonds. The average molecular weight is 504 g/mol. The normalized spacial score (nSPS) is 18.0. The molecule has 2 fully saturated rings. The van der Waals surface area contributed by atoms with Crippen molar-refractivity contribution in [1.82, 2.24) is 14.7 Å². The van der Waals surface area contributed by atoms with Crippen LogP contribution in [0.2, 0.25) is 0 Å². The third-order valence-electron chi connectivity index (χ3n) is 6.56. The Morgan fingerprint density at radius 3 is 2.63 bits per heavy atom. The minimum atomic E-state index is 0.0215. The summed E-state index contributed by atoms with van der Waals surface area (Å²) in [5, 5.41) is 4.93. The Hall–Kier alpha value is -2.90. The van der Waals surface area contributed by atoms with E-state index in [0.717, 1.165) is 59.5 Å². The van der Waals surface area contributed by atoms with Crippen LogP contribution in [0, 0.1) is 6.92 Å². The zero-order chi connectivity index (χ0) is 24.4. The van der Waals surface area contributed by atoms with Gasteiger partial charge in [0.2, 0.25) is 0 Å². The van der Waals surface area contributed by atoms with E-state index >= 15 is 0 Å². The number of hydrogen-bond donors (Lipinski definition) is 0. The summed E-state index contributed by atoms with van der Waals surface area (Å²) in [4.78, 5) is 15.9. The van der Waals surface area contributed by atoms with Crippen LogP contribution in [-0.4, -0.2) is 37.6 Å². The van der Waals surface area contributed by atoms with Crippen LogP contribution in [0.1, 0.15) is 50.2 Å². The molecule has 2 aliphatic rings. The van der Waals surface area contributed by atoms with Gasteiger partial charge in [-0.1, -0.05) is 61.4 Å². The van der Waals surface area contributed by atoms with Crippen molar-refractivity contribution in [2.45, 2.75) is 52.0 Å². The molecule has 0 N–H and O–H groups in total. The summed E-state index contributed by atoms with van der Waals surface area (Å²) < 4.78 is 8.27. The number of aromatic nitrogens is 2. The zero-order valence-corrected chi connectivity index (χ0v) is 21.7. The number of hydrogen-bond acceptors (Lipinski definition) is 5. The highest BCUT2D eigenvalue weighted by atomic mass is 32.2. The van der Waals surface area contributed by atoms with Gasteiger partial charge >= 0.3 is 0 Å². The Bertz CT molecular complexity index is 1280. The van der Waals surface area contributed by atoms with E-state index in [9.17, 15) is 4.79 Å². The standard InChI is InChI=1S/C28H29N3O2S2/c1-3-33-24-15-14-20(16-19(24)2)26-21(18-30(29-26)22-10-6-4-7-11-22)17-25-27(32)31(28(34)35-25)23-12-8-5-9-13-23/h4,6-7,10-11,14-18,23H,3,5,8-9,12-13H2,1-2H3/b25-17+. The van der Waals surface area contributed by atoms with Crippen LogP contribution in [0.3, 0.4) is 0 Å². The Balaban J connectivity index is 1.54. The van der Waals surface area contributed by atoms with Gasteiger partial charge in [0.15, 0.2) is 0 Å². The topological polar surface area (TPSA) is 47.4 Å². The van der Waals surface area contributed by atoms with Crippen molar-refractivity contribution >= 4 is 40.3 Å². The van der Waals surface area contributed by atoms with Crippen LogP contribution >= 0.6 is 24.0 Å². The summed E-state index contributed by atoms with van der Waals surface area (Å²) >= 11 is 7.05. The van der Waals surface area contributed by atoms with Crippen molar-refractivity contribution in [3.05, 3.63) is 70.8 Å². The zero-order valence-electron chi connectivity index (χ0n) is 20.1. The van der Waals surface area contributed by atoms with Crippen LogP contribution in [-0.2, 0) is 4.79 Å². The van der Waals surface area contributed by atoms with Crippen LogP contribution in [0.25, 0.3) is 23.0 Å². The molecule has 180 valence electrons. The minimum Gasteiger partial charge on any atom is -0.494 e. The fourth-order valence-electron chi connectivity index (χ4n) is 4.82. The molecule has 0 radical (unpaired) electrons. The number of thiocarbonyl (C=S) groups is 1. The average Bonchev–Trinajstić information content (AvgIpc) is 3.42. The van der Waals surface area contributed by atoms with Gasteiger partial charge in [-0.05, 0) is 68.7 Å². The lowest BCUT2D eigenvalue weighted by molar-refractivity contribution is -0.124. The van der Waals surface area contributed by atoms with Gasteiger partial charge in [-0.25, -0.2) is 4.68 Å². The molecule has 1 aromatic heterocycles. The lowest BCUT2D eigenvalue weighted by Crippen LogP contribution is -2.39. The molecule has 7 heteroatoms. The number of ether oxygens (including phenoxy) is 1. The molecule has 2 heterocycles. The van der Waals surface area contributed by atoms with Crippen molar-refractivity contribution in [1.29, 1.82) is 0 Å². The quantitative estimate of drug-likeness (QED) is 0.274. The molecule has 0 atom stereocenters. The molecule has 5 rings (SSSR count). The Kier molecular flexibility index (Phi) is 7.07. The van der Waals surface area contributed by atoms with E-state index in [-0.39, 0.29) is 11.9 Å². The third kappa shape index (κ3) is 4.93. The maximum Gasteiger partial charge on any atom is 0.266 e. The predicted molar refractivity (Wildman–Crippen MR) is 147 cm³/mol. The van der Waals surface area contributed by atoms with Crippen molar-refractivity contribution in [2.24, 2.45) is 0 Å². The number of thioether (sulfide) groups is 1. The number of para-hydroxylation sites is 1. The lowest BCUT2D eigenvalue weighted by atomic mass is 9.94. The summed E-state index contributed by atoms with van der Waals surface area (Å²) in [7, 11) is 0. The molecule has 0 bridgehead atoms. The first-order chi connectivity index (χ1) is 17.0. The summed E-state index contributed by atoms with van der Waals surface area (Å²) in [5.41, 5.74) is 4.71. The van der Waals surface area contributed by atoms with Crippen LogP contribution < -0.4 is 4.74 Å². The summed E-state index contributed by atoms with van der Waals surface area (Å²) in [6.45, 7) is 4.64. The molecule has 3 aromatic rings. The largest absolute Gasteiger partial charge is 0.494 e. The van der Waals surface area contributed by atoms with Gasteiger partial charge in [-0.2, -0.15) is 5.10 Å². The second-order valence-electron chi connectivity index (χ2n) is 8.97. The van der Waals surface area contributed by atoms with Gasteiger partial charge in [-0.15, -0.1) is 0 Å². The lowest BCUT2D eigenvalue weighted by Gasteiger charge is -2.29.